The lowest BCUT2D eigenvalue weighted by atomic mass is 10.0. The van der Waals surface area contributed by atoms with Gasteiger partial charge in [-0.2, -0.15) is 4.98 Å². The van der Waals surface area contributed by atoms with E-state index in [-0.39, 0.29) is 12.0 Å². The third-order valence-electron chi connectivity index (χ3n) is 5.29. The van der Waals surface area contributed by atoms with E-state index in [2.05, 4.69) is 17.1 Å². The first-order chi connectivity index (χ1) is 12.6. The molecule has 1 unspecified atom stereocenters. The topological polar surface area (TPSA) is 68.5 Å². The molecular formula is C20H25N3O3. The van der Waals surface area contributed by atoms with Crippen LogP contribution >= 0.6 is 0 Å². The maximum atomic E-state index is 12.8. The highest BCUT2D eigenvalue weighted by Crippen LogP contribution is 2.38. The Morgan fingerprint density at radius 2 is 2.12 bits per heavy atom. The van der Waals surface area contributed by atoms with Crippen molar-refractivity contribution < 1.29 is 14.1 Å². The molecule has 1 aromatic heterocycles. The Morgan fingerprint density at radius 1 is 1.27 bits per heavy atom. The van der Waals surface area contributed by atoms with E-state index in [1.165, 1.54) is 5.56 Å². The second kappa shape index (κ2) is 7.19. The highest BCUT2D eigenvalue weighted by Gasteiger charge is 2.29. The van der Waals surface area contributed by atoms with E-state index in [1.54, 1.807) is 0 Å². The largest absolute Gasteiger partial charge is 0.367 e. The van der Waals surface area contributed by atoms with E-state index in [9.17, 15) is 4.79 Å². The van der Waals surface area contributed by atoms with Gasteiger partial charge in [0.05, 0.1) is 6.10 Å². The summed E-state index contributed by atoms with van der Waals surface area (Å²) in [7, 11) is 0. The molecule has 1 atom stereocenters. The predicted molar refractivity (Wildman–Crippen MR) is 95.9 cm³/mol. The van der Waals surface area contributed by atoms with Crippen molar-refractivity contribution in [3.05, 3.63) is 46.6 Å². The van der Waals surface area contributed by atoms with Gasteiger partial charge in [-0.15, -0.1) is 0 Å². The van der Waals surface area contributed by atoms with Crippen LogP contribution in [0.2, 0.25) is 0 Å². The zero-order chi connectivity index (χ0) is 18.1. The summed E-state index contributed by atoms with van der Waals surface area (Å²) in [6, 6.07) is 5.89. The number of hydrogen-bond donors (Lipinski definition) is 0. The molecule has 2 aromatic rings. The van der Waals surface area contributed by atoms with Crippen LogP contribution in [-0.2, 0) is 11.3 Å². The maximum absolute atomic E-state index is 12.8. The van der Waals surface area contributed by atoms with Gasteiger partial charge in [-0.05, 0) is 62.8 Å². The summed E-state index contributed by atoms with van der Waals surface area (Å²) < 4.78 is 11.2. The van der Waals surface area contributed by atoms with Gasteiger partial charge < -0.3 is 14.2 Å². The first-order valence-electron chi connectivity index (χ1n) is 9.41. The molecule has 6 nitrogen and oxygen atoms in total. The maximum Gasteiger partial charge on any atom is 0.253 e. The van der Waals surface area contributed by atoms with Crippen LogP contribution in [0.25, 0.3) is 0 Å². The predicted octanol–water partition coefficient (Wildman–Crippen LogP) is 3.39. The molecule has 1 aliphatic carbocycles. The third kappa shape index (κ3) is 3.80. The molecule has 4 rings (SSSR count). The van der Waals surface area contributed by atoms with Gasteiger partial charge in [0.1, 0.15) is 6.61 Å². The van der Waals surface area contributed by atoms with Crippen LogP contribution in [0.3, 0.4) is 0 Å². The van der Waals surface area contributed by atoms with Crippen LogP contribution in [0.15, 0.2) is 22.7 Å². The van der Waals surface area contributed by atoms with Gasteiger partial charge in [0.25, 0.3) is 11.8 Å². The second-order valence-electron chi connectivity index (χ2n) is 7.45. The number of ether oxygens (including phenoxy) is 1. The highest BCUT2D eigenvalue weighted by atomic mass is 16.5. The lowest BCUT2D eigenvalue weighted by Crippen LogP contribution is -2.43. The van der Waals surface area contributed by atoms with Crippen molar-refractivity contribution in [2.45, 2.75) is 58.2 Å². The fourth-order valence-electron chi connectivity index (χ4n) is 3.34. The number of amides is 1. The number of piperidine rings is 1. The van der Waals surface area contributed by atoms with Gasteiger partial charge in [-0.3, -0.25) is 4.79 Å². The molecule has 0 N–H and O–H groups in total. The lowest BCUT2D eigenvalue weighted by molar-refractivity contribution is -0.0153. The standard InChI is InChI=1S/C20H25N3O3/c1-13-5-6-16(10-14(13)2)20(24)23-9-3-4-17(11-23)25-12-18-21-19(22-26-18)15-7-8-15/h5-6,10,15,17H,3-4,7-9,11-12H2,1-2H3. The van der Waals surface area contributed by atoms with Gasteiger partial charge >= 0.3 is 0 Å². The van der Waals surface area contributed by atoms with Crippen molar-refractivity contribution >= 4 is 5.91 Å². The molecule has 26 heavy (non-hydrogen) atoms. The van der Waals surface area contributed by atoms with Crippen LogP contribution in [0.5, 0.6) is 0 Å². The molecule has 2 fully saturated rings. The summed E-state index contributed by atoms with van der Waals surface area (Å²) >= 11 is 0. The summed E-state index contributed by atoms with van der Waals surface area (Å²) in [5.74, 6) is 1.90. The Bertz CT molecular complexity index is 797. The monoisotopic (exact) mass is 355 g/mol. The molecule has 0 radical (unpaired) electrons. The molecular weight excluding hydrogens is 330 g/mol. The van der Waals surface area contributed by atoms with E-state index in [4.69, 9.17) is 9.26 Å². The summed E-state index contributed by atoms with van der Waals surface area (Å²) in [5, 5.41) is 4.01. The number of hydrogen-bond acceptors (Lipinski definition) is 5. The molecule has 1 aromatic carbocycles. The van der Waals surface area contributed by atoms with Crippen LogP contribution in [0, 0.1) is 13.8 Å². The lowest BCUT2D eigenvalue weighted by Gasteiger charge is -2.32. The molecule has 1 saturated carbocycles. The Balaban J connectivity index is 1.34. The Kier molecular flexibility index (Phi) is 4.76. The molecule has 2 aliphatic rings. The van der Waals surface area contributed by atoms with Crippen molar-refractivity contribution in [3.63, 3.8) is 0 Å². The summed E-state index contributed by atoms with van der Waals surface area (Å²) in [5.41, 5.74) is 3.09. The zero-order valence-electron chi connectivity index (χ0n) is 15.4. The van der Waals surface area contributed by atoms with E-state index in [0.29, 0.717) is 25.0 Å². The van der Waals surface area contributed by atoms with Crippen molar-refractivity contribution in [2.75, 3.05) is 13.1 Å². The number of carbonyl (C=O) groups excluding carboxylic acids is 1. The van der Waals surface area contributed by atoms with Crippen molar-refractivity contribution in [2.24, 2.45) is 0 Å². The van der Waals surface area contributed by atoms with E-state index in [1.807, 2.05) is 30.0 Å². The summed E-state index contributed by atoms with van der Waals surface area (Å²) in [6.45, 7) is 5.79. The molecule has 0 spiro atoms. The Labute approximate surface area is 153 Å². The van der Waals surface area contributed by atoms with Gasteiger partial charge in [-0.25, -0.2) is 0 Å². The van der Waals surface area contributed by atoms with E-state index < -0.39 is 0 Å². The quantitative estimate of drug-likeness (QED) is 0.822. The van der Waals surface area contributed by atoms with Gasteiger partial charge in [0, 0.05) is 24.6 Å². The molecule has 1 aliphatic heterocycles. The second-order valence-corrected chi connectivity index (χ2v) is 7.45. The molecule has 0 bridgehead atoms. The minimum atomic E-state index is 0.00974. The highest BCUT2D eigenvalue weighted by molar-refractivity contribution is 5.94. The minimum absolute atomic E-state index is 0.00974. The SMILES string of the molecule is Cc1ccc(C(=O)N2CCCC(OCc3nc(C4CC4)no3)C2)cc1C. The Morgan fingerprint density at radius 3 is 2.88 bits per heavy atom. The number of likely N-dealkylation sites (tertiary alicyclic amines) is 1. The zero-order valence-corrected chi connectivity index (χ0v) is 15.4. The van der Waals surface area contributed by atoms with Gasteiger partial charge in [0.15, 0.2) is 5.82 Å². The molecule has 1 amide bonds. The number of aryl methyl sites for hydroxylation is 2. The fraction of sp³-hybridized carbons (Fsp3) is 0.550. The number of carbonyl (C=O) groups is 1. The molecule has 2 heterocycles. The third-order valence-corrected chi connectivity index (χ3v) is 5.29. The number of benzene rings is 1. The smallest absolute Gasteiger partial charge is 0.253 e. The van der Waals surface area contributed by atoms with Crippen LogP contribution in [-0.4, -0.2) is 40.1 Å². The van der Waals surface area contributed by atoms with Crippen LogP contribution < -0.4 is 0 Å². The first kappa shape index (κ1) is 17.2. The van der Waals surface area contributed by atoms with E-state index >= 15 is 0 Å². The van der Waals surface area contributed by atoms with Crippen LogP contribution in [0.4, 0.5) is 0 Å². The van der Waals surface area contributed by atoms with Crippen molar-refractivity contribution in [1.29, 1.82) is 0 Å². The normalized spacial score (nSPS) is 20.4. The Hall–Kier alpha value is -2.21. The van der Waals surface area contributed by atoms with Crippen molar-refractivity contribution in [3.8, 4) is 0 Å². The minimum Gasteiger partial charge on any atom is -0.367 e. The summed E-state index contributed by atoms with van der Waals surface area (Å²) in [6.07, 6.45) is 4.20. The number of rotatable bonds is 5. The first-order valence-corrected chi connectivity index (χ1v) is 9.41. The van der Waals surface area contributed by atoms with E-state index in [0.717, 1.165) is 49.2 Å². The molecule has 6 heteroatoms. The number of aromatic nitrogens is 2. The average Bonchev–Trinajstić information content (AvgIpc) is 3.40. The van der Waals surface area contributed by atoms with Crippen LogP contribution in [0.1, 0.15) is 64.8 Å². The van der Waals surface area contributed by atoms with Gasteiger partial charge in [-0.1, -0.05) is 11.2 Å². The molecule has 1 saturated heterocycles. The molecule has 138 valence electrons. The number of nitrogens with zero attached hydrogens (tertiary/aromatic N) is 3. The van der Waals surface area contributed by atoms with Crippen molar-refractivity contribution in [1.82, 2.24) is 15.0 Å². The summed E-state index contributed by atoms with van der Waals surface area (Å²) in [4.78, 5) is 19.1. The fourth-order valence-corrected chi connectivity index (χ4v) is 3.34. The average molecular weight is 355 g/mol. The van der Waals surface area contributed by atoms with Gasteiger partial charge in [0.2, 0.25) is 0 Å².